The maximum atomic E-state index is 12.6. The molecule has 1 unspecified atom stereocenters. The van der Waals surface area contributed by atoms with Gasteiger partial charge in [0, 0.05) is 19.1 Å². The molecule has 0 bridgehead atoms. The highest BCUT2D eigenvalue weighted by Crippen LogP contribution is 2.26. The van der Waals surface area contributed by atoms with Gasteiger partial charge in [0.05, 0.1) is 5.54 Å². The predicted molar refractivity (Wildman–Crippen MR) is 69.8 cm³/mol. The minimum atomic E-state index is -0.387. The summed E-state index contributed by atoms with van der Waals surface area (Å²) >= 11 is 0. The van der Waals surface area contributed by atoms with Crippen LogP contribution in [0.2, 0.25) is 0 Å². The Bertz CT molecular complexity index is 282. The van der Waals surface area contributed by atoms with E-state index in [1.54, 1.807) is 0 Å². The first-order chi connectivity index (χ1) is 8.00. The van der Waals surface area contributed by atoms with Crippen LogP contribution in [0.1, 0.15) is 52.9 Å². The first-order valence-corrected chi connectivity index (χ1v) is 7.07. The molecule has 0 spiro atoms. The zero-order valence-corrected chi connectivity index (χ0v) is 11.5. The van der Waals surface area contributed by atoms with Crippen molar-refractivity contribution < 1.29 is 4.79 Å². The molecule has 1 N–H and O–H groups in total. The van der Waals surface area contributed by atoms with E-state index in [9.17, 15) is 4.79 Å². The zero-order chi connectivity index (χ0) is 12.5. The minimum absolute atomic E-state index is 0.300. The van der Waals surface area contributed by atoms with Crippen molar-refractivity contribution in [3.8, 4) is 0 Å². The second-order valence-electron chi connectivity index (χ2n) is 6.36. The Kier molecular flexibility index (Phi) is 3.76. The summed E-state index contributed by atoms with van der Waals surface area (Å²) in [5.41, 5.74) is -0.387. The molecule has 1 atom stereocenters. The highest BCUT2D eigenvalue weighted by molar-refractivity contribution is 5.86. The fourth-order valence-corrected chi connectivity index (χ4v) is 3.05. The highest BCUT2D eigenvalue weighted by Gasteiger charge is 2.38. The van der Waals surface area contributed by atoms with Crippen LogP contribution in [0.3, 0.4) is 0 Å². The molecule has 2 rings (SSSR count). The average molecular weight is 238 g/mol. The first-order valence-electron chi connectivity index (χ1n) is 7.07. The van der Waals surface area contributed by atoms with Crippen LogP contribution in [0.25, 0.3) is 0 Å². The second-order valence-corrected chi connectivity index (χ2v) is 6.36. The molecule has 1 saturated carbocycles. The molecule has 1 heterocycles. The highest BCUT2D eigenvalue weighted by atomic mass is 16.2. The third kappa shape index (κ3) is 2.82. The molecule has 98 valence electrons. The molecule has 0 aromatic carbocycles. The third-order valence-corrected chi connectivity index (χ3v) is 4.21. The predicted octanol–water partition coefficient (Wildman–Crippen LogP) is 2.17. The molecular weight excluding hydrogens is 212 g/mol. The van der Waals surface area contributed by atoms with Crippen molar-refractivity contribution in [3.63, 3.8) is 0 Å². The molecular formula is C14H26N2O. The van der Waals surface area contributed by atoms with Crippen molar-refractivity contribution >= 4 is 5.91 Å². The summed E-state index contributed by atoms with van der Waals surface area (Å²) in [6.07, 6.45) is 6.33. The van der Waals surface area contributed by atoms with Crippen molar-refractivity contribution in [2.24, 2.45) is 5.92 Å². The number of nitrogens with one attached hydrogen (secondary N) is 1. The van der Waals surface area contributed by atoms with E-state index in [-0.39, 0.29) is 5.54 Å². The van der Waals surface area contributed by atoms with Gasteiger partial charge < -0.3 is 10.2 Å². The number of hydrogen-bond donors (Lipinski definition) is 1. The second kappa shape index (κ2) is 4.97. The normalized spacial score (nSPS) is 31.4. The van der Waals surface area contributed by atoms with Crippen LogP contribution in [0, 0.1) is 5.92 Å². The quantitative estimate of drug-likeness (QED) is 0.759. The largest absolute Gasteiger partial charge is 0.338 e. The van der Waals surface area contributed by atoms with E-state index < -0.39 is 0 Å². The van der Waals surface area contributed by atoms with Crippen molar-refractivity contribution in [2.45, 2.75) is 64.5 Å². The molecule has 1 aliphatic heterocycles. The van der Waals surface area contributed by atoms with Gasteiger partial charge in [0.2, 0.25) is 5.91 Å². The van der Waals surface area contributed by atoms with Crippen molar-refractivity contribution in [2.75, 3.05) is 13.1 Å². The molecule has 2 aliphatic rings. The van der Waals surface area contributed by atoms with Gasteiger partial charge in [-0.25, -0.2) is 0 Å². The van der Waals surface area contributed by atoms with Crippen LogP contribution in [0.4, 0.5) is 0 Å². The van der Waals surface area contributed by atoms with Gasteiger partial charge in [0.1, 0.15) is 0 Å². The van der Waals surface area contributed by atoms with Gasteiger partial charge in [0.15, 0.2) is 0 Å². The fourth-order valence-electron chi connectivity index (χ4n) is 3.05. The number of carbonyl (C=O) groups excluding carboxylic acids is 1. The van der Waals surface area contributed by atoms with E-state index in [0.717, 1.165) is 13.1 Å². The topological polar surface area (TPSA) is 32.3 Å². The van der Waals surface area contributed by atoms with Gasteiger partial charge in [-0.15, -0.1) is 0 Å². The Hall–Kier alpha value is -0.570. The number of amides is 1. The van der Waals surface area contributed by atoms with Gasteiger partial charge in [-0.2, -0.15) is 0 Å². The molecule has 3 heteroatoms. The molecule has 0 radical (unpaired) electrons. The Morgan fingerprint density at radius 3 is 2.53 bits per heavy atom. The Labute approximate surface area is 105 Å². The number of hydrogen-bond acceptors (Lipinski definition) is 2. The van der Waals surface area contributed by atoms with Crippen molar-refractivity contribution in [3.05, 3.63) is 0 Å². The van der Waals surface area contributed by atoms with Crippen LogP contribution in [-0.2, 0) is 4.79 Å². The van der Waals surface area contributed by atoms with E-state index in [0.29, 0.717) is 17.9 Å². The van der Waals surface area contributed by atoms with Crippen molar-refractivity contribution in [1.82, 2.24) is 10.2 Å². The van der Waals surface area contributed by atoms with Crippen LogP contribution in [0.15, 0.2) is 0 Å². The van der Waals surface area contributed by atoms with Gasteiger partial charge in [-0.3, -0.25) is 4.79 Å². The maximum Gasteiger partial charge on any atom is 0.242 e. The summed E-state index contributed by atoms with van der Waals surface area (Å²) in [7, 11) is 0. The SMILES string of the molecule is CC1CNC(C)(C)C(=O)N(C2CCCCC2)C1. The van der Waals surface area contributed by atoms with Crippen LogP contribution < -0.4 is 5.32 Å². The van der Waals surface area contributed by atoms with Gasteiger partial charge in [-0.1, -0.05) is 26.2 Å². The number of carbonyl (C=O) groups is 1. The summed E-state index contributed by atoms with van der Waals surface area (Å²) < 4.78 is 0. The van der Waals surface area contributed by atoms with Gasteiger partial charge in [0.25, 0.3) is 0 Å². The molecule has 17 heavy (non-hydrogen) atoms. The number of nitrogens with zero attached hydrogens (tertiary/aromatic N) is 1. The van der Waals surface area contributed by atoms with Crippen LogP contribution in [-0.4, -0.2) is 35.5 Å². The lowest BCUT2D eigenvalue weighted by atomic mass is 9.92. The lowest BCUT2D eigenvalue weighted by molar-refractivity contribution is -0.139. The summed E-state index contributed by atoms with van der Waals surface area (Å²) in [6, 6.07) is 0.498. The maximum absolute atomic E-state index is 12.6. The van der Waals surface area contributed by atoms with Crippen LogP contribution >= 0.6 is 0 Å². The standard InChI is InChI=1S/C14H26N2O/c1-11-9-15-14(2,3)13(17)16(10-11)12-7-5-4-6-8-12/h11-12,15H,4-10H2,1-3H3. The smallest absolute Gasteiger partial charge is 0.242 e. The molecule has 3 nitrogen and oxygen atoms in total. The van der Waals surface area contributed by atoms with E-state index in [1.165, 1.54) is 32.1 Å². The Morgan fingerprint density at radius 1 is 1.24 bits per heavy atom. The Morgan fingerprint density at radius 2 is 1.88 bits per heavy atom. The molecule has 1 aliphatic carbocycles. The first kappa shape index (κ1) is 12.9. The monoisotopic (exact) mass is 238 g/mol. The van der Waals surface area contributed by atoms with Gasteiger partial charge in [-0.05, 0) is 32.6 Å². The lowest BCUT2D eigenvalue weighted by Gasteiger charge is -2.37. The molecule has 0 aromatic rings. The fraction of sp³-hybridized carbons (Fsp3) is 0.929. The molecule has 2 fully saturated rings. The minimum Gasteiger partial charge on any atom is -0.338 e. The van der Waals surface area contributed by atoms with Gasteiger partial charge >= 0.3 is 0 Å². The molecule has 1 saturated heterocycles. The van der Waals surface area contributed by atoms with Crippen LogP contribution in [0.5, 0.6) is 0 Å². The van der Waals surface area contributed by atoms with E-state index in [2.05, 4.69) is 17.1 Å². The number of rotatable bonds is 1. The van der Waals surface area contributed by atoms with E-state index in [1.807, 2.05) is 13.8 Å². The Balaban J connectivity index is 2.13. The molecule has 0 aromatic heterocycles. The molecule has 1 amide bonds. The zero-order valence-electron chi connectivity index (χ0n) is 11.5. The lowest BCUT2D eigenvalue weighted by Crippen LogP contribution is -2.54. The van der Waals surface area contributed by atoms with E-state index in [4.69, 9.17) is 0 Å². The average Bonchev–Trinajstić information content (AvgIpc) is 2.42. The van der Waals surface area contributed by atoms with E-state index >= 15 is 0 Å². The summed E-state index contributed by atoms with van der Waals surface area (Å²) in [6.45, 7) is 8.14. The van der Waals surface area contributed by atoms with Crippen molar-refractivity contribution in [1.29, 1.82) is 0 Å². The summed E-state index contributed by atoms with van der Waals surface area (Å²) in [5.74, 6) is 0.858. The summed E-state index contributed by atoms with van der Waals surface area (Å²) in [4.78, 5) is 14.7. The third-order valence-electron chi connectivity index (χ3n) is 4.21. The summed E-state index contributed by atoms with van der Waals surface area (Å²) in [5, 5.41) is 3.40.